The van der Waals surface area contributed by atoms with Crippen LogP contribution in [0, 0.1) is 0 Å². The summed E-state index contributed by atoms with van der Waals surface area (Å²) in [6, 6.07) is 8.80. The molecule has 0 spiro atoms. The van der Waals surface area contributed by atoms with Gasteiger partial charge in [0.2, 0.25) is 0 Å². The monoisotopic (exact) mass is 369 g/mol. The van der Waals surface area contributed by atoms with E-state index < -0.39 is 0 Å². The summed E-state index contributed by atoms with van der Waals surface area (Å²) in [5.41, 5.74) is 2.30. The van der Waals surface area contributed by atoms with Gasteiger partial charge < -0.3 is 5.32 Å². The fraction of sp³-hybridized carbons (Fsp3) is 0.438. The zero-order valence-electron chi connectivity index (χ0n) is 12.6. The van der Waals surface area contributed by atoms with E-state index in [9.17, 15) is 0 Å². The smallest absolute Gasteiger partial charge is 0.0643 e. The molecule has 2 unspecified atom stereocenters. The third-order valence-corrected chi connectivity index (χ3v) is 5.03. The highest BCUT2D eigenvalue weighted by Gasteiger charge is 2.14. The van der Waals surface area contributed by atoms with Crippen molar-refractivity contribution in [2.24, 2.45) is 0 Å². The van der Waals surface area contributed by atoms with E-state index in [1.165, 1.54) is 5.56 Å². The van der Waals surface area contributed by atoms with Crippen molar-refractivity contribution in [2.45, 2.75) is 38.8 Å². The number of nitrogens with one attached hydrogen (secondary N) is 1. The number of nitrogens with zero attached hydrogens (tertiary/aromatic N) is 2. The summed E-state index contributed by atoms with van der Waals surface area (Å²) in [7, 11) is 1.97. The Morgan fingerprint density at radius 3 is 2.76 bits per heavy atom. The molecule has 2 atom stereocenters. The van der Waals surface area contributed by atoms with Crippen molar-refractivity contribution in [3.63, 3.8) is 0 Å². The predicted molar refractivity (Wildman–Crippen MR) is 91.9 cm³/mol. The van der Waals surface area contributed by atoms with E-state index in [-0.39, 0.29) is 6.04 Å². The van der Waals surface area contributed by atoms with Crippen LogP contribution in [0.25, 0.3) is 0 Å². The average molecular weight is 371 g/mol. The van der Waals surface area contributed by atoms with Crippen molar-refractivity contribution in [3.8, 4) is 0 Å². The van der Waals surface area contributed by atoms with Crippen molar-refractivity contribution < 1.29 is 0 Å². The Morgan fingerprint density at radius 1 is 1.38 bits per heavy atom. The molecule has 3 nitrogen and oxygen atoms in total. The van der Waals surface area contributed by atoms with Gasteiger partial charge in [-0.1, -0.05) is 24.6 Å². The molecule has 0 amide bonds. The maximum atomic E-state index is 6.06. The van der Waals surface area contributed by atoms with Gasteiger partial charge in [0.25, 0.3) is 0 Å². The lowest BCUT2D eigenvalue weighted by molar-refractivity contribution is 0.469. The number of rotatable bonds is 6. The molecule has 2 rings (SSSR count). The molecular formula is C16H21BrClN3. The fourth-order valence-corrected chi connectivity index (χ4v) is 2.76. The number of hydrogen-bond acceptors (Lipinski definition) is 2. The summed E-state index contributed by atoms with van der Waals surface area (Å²) >= 11 is 9.54. The van der Waals surface area contributed by atoms with Crippen LogP contribution in [-0.2, 0) is 6.42 Å². The zero-order valence-corrected chi connectivity index (χ0v) is 14.9. The first-order valence-electron chi connectivity index (χ1n) is 7.21. The number of likely N-dealkylation sites (N-methyl/N-ethyl adjacent to an activating group) is 1. The minimum Gasteiger partial charge on any atom is -0.313 e. The van der Waals surface area contributed by atoms with E-state index in [4.69, 9.17) is 11.6 Å². The summed E-state index contributed by atoms with van der Waals surface area (Å²) in [4.78, 5) is 0. The molecule has 1 aromatic carbocycles. The molecule has 114 valence electrons. The lowest BCUT2D eigenvalue weighted by Gasteiger charge is -2.16. The molecule has 0 fully saturated rings. The molecule has 0 saturated heterocycles. The van der Waals surface area contributed by atoms with Gasteiger partial charge in [-0.25, -0.2) is 0 Å². The van der Waals surface area contributed by atoms with Gasteiger partial charge in [-0.05, 0) is 60.1 Å². The van der Waals surface area contributed by atoms with Crippen LogP contribution in [0.4, 0.5) is 0 Å². The Hall–Kier alpha value is -0.840. The number of benzene rings is 1. The van der Waals surface area contributed by atoms with Crippen molar-refractivity contribution in [1.29, 1.82) is 0 Å². The summed E-state index contributed by atoms with van der Waals surface area (Å²) in [5, 5.41) is 8.76. The predicted octanol–water partition coefficient (Wildman–Crippen LogP) is 4.77. The minimum absolute atomic E-state index is 0.221. The van der Waals surface area contributed by atoms with Gasteiger partial charge in [-0.15, -0.1) is 0 Å². The standard InChI is InChI=1S/C16H21BrClN3/c1-4-11(2)21-8-7-13(20-21)10-16(19-3)12-5-6-15(18)14(17)9-12/h5-9,11,16,19H,4,10H2,1-3H3. The SMILES string of the molecule is CCC(C)n1ccc(CC(NC)c2ccc(Cl)c(Br)c2)n1. The molecule has 5 heteroatoms. The third kappa shape index (κ3) is 4.09. The first kappa shape index (κ1) is 16.5. The lowest BCUT2D eigenvalue weighted by Crippen LogP contribution is -2.19. The Labute approximate surface area is 139 Å². The van der Waals surface area contributed by atoms with Crippen LogP contribution in [0.2, 0.25) is 5.02 Å². The second-order valence-corrected chi connectivity index (χ2v) is 6.52. The van der Waals surface area contributed by atoms with Gasteiger partial charge in [0, 0.05) is 29.2 Å². The van der Waals surface area contributed by atoms with E-state index in [1.807, 2.05) is 17.8 Å². The molecule has 0 saturated carbocycles. The molecule has 21 heavy (non-hydrogen) atoms. The molecule has 0 bridgehead atoms. The number of halogens is 2. The Kier molecular flexibility index (Phi) is 5.85. The minimum atomic E-state index is 0.221. The Balaban J connectivity index is 2.15. The maximum Gasteiger partial charge on any atom is 0.0643 e. The van der Waals surface area contributed by atoms with Crippen LogP contribution in [-0.4, -0.2) is 16.8 Å². The second-order valence-electron chi connectivity index (χ2n) is 5.26. The van der Waals surface area contributed by atoms with Crippen LogP contribution >= 0.6 is 27.5 Å². The first-order chi connectivity index (χ1) is 10.0. The molecular weight excluding hydrogens is 350 g/mol. The molecule has 2 aromatic rings. The highest BCUT2D eigenvalue weighted by atomic mass is 79.9. The topological polar surface area (TPSA) is 29.9 Å². The largest absolute Gasteiger partial charge is 0.313 e. The molecule has 0 radical (unpaired) electrons. The summed E-state index contributed by atoms with van der Waals surface area (Å²) in [5.74, 6) is 0. The zero-order chi connectivity index (χ0) is 15.4. The van der Waals surface area contributed by atoms with Crippen LogP contribution in [0.5, 0.6) is 0 Å². The average Bonchev–Trinajstić information content (AvgIpc) is 2.95. The van der Waals surface area contributed by atoms with Gasteiger partial charge in [-0.2, -0.15) is 5.10 Å². The Bertz CT molecular complexity index is 597. The van der Waals surface area contributed by atoms with Crippen molar-refractivity contribution in [2.75, 3.05) is 7.05 Å². The quantitative estimate of drug-likeness (QED) is 0.793. The molecule has 1 aromatic heterocycles. The Morgan fingerprint density at radius 2 is 2.14 bits per heavy atom. The highest BCUT2D eigenvalue weighted by molar-refractivity contribution is 9.10. The van der Waals surface area contributed by atoms with Crippen molar-refractivity contribution in [3.05, 3.63) is 51.2 Å². The maximum absolute atomic E-state index is 6.06. The van der Waals surface area contributed by atoms with Crippen LogP contribution in [0.3, 0.4) is 0 Å². The lowest BCUT2D eigenvalue weighted by atomic mass is 10.0. The van der Waals surface area contributed by atoms with E-state index >= 15 is 0 Å². The molecule has 1 N–H and O–H groups in total. The van der Waals surface area contributed by atoms with Crippen molar-refractivity contribution >= 4 is 27.5 Å². The summed E-state index contributed by atoms with van der Waals surface area (Å²) in [6.45, 7) is 4.36. The van der Waals surface area contributed by atoms with Crippen molar-refractivity contribution in [1.82, 2.24) is 15.1 Å². The van der Waals surface area contributed by atoms with E-state index in [1.54, 1.807) is 0 Å². The van der Waals surface area contributed by atoms with Crippen LogP contribution in [0.15, 0.2) is 34.9 Å². The molecule has 0 aliphatic rings. The third-order valence-electron chi connectivity index (χ3n) is 3.81. The number of aromatic nitrogens is 2. The first-order valence-corrected chi connectivity index (χ1v) is 8.38. The highest BCUT2D eigenvalue weighted by Crippen LogP contribution is 2.27. The summed E-state index contributed by atoms with van der Waals surface area (Å²) < 4.78 is 2.96. The van der Waals surface area contributed by atoms with E-state index in [0.717, 1.165) is 28.0 Å². The normalized spacial score (nSPS) is 14.1. The van der Waals surface area contributed by atoms with Gasteiger partial charge >= 0.3 is 0 Å². The van der Waals surface area contributed by atoms with Crippen LogP contribution < -0.4 is 5.32 Å². The second kappa shape index (κ2) is 7.43. The van der Waals surface area contributed by atoms with E-state index in [0.29, 0.717) is 6.04 Å². The van der Waals surface area contributed by atoms with E-state index in [2.05, 4.69) is 64.6 Å². The fourth-order valence-electron chi connectivity index (χ4n) is 2.24. The van der Waals surface area contributed by atoms with Gasteiger partial charge in [-0.3, -0.25) is 4.68 Å². The number of hydrogen-bond donors (Lipinski definition) is 1. The van der Waals surface area contributed by atoms with Gasteiger partial charge in [0.15, 0.2) is 0 Å². The van der Waals surface area contributed by atoms with Gasteiger partial charge in [0.1, 0.15) is 0 Å². The molecule has 0 aliphatic heterocycles. The summed E-state index contributed by atoms with van der Waals surface area (Å²) in [6.07, 6.45) is 4.00. The van der Waals surface area contributed by atoms with Crippen LogP contribution in [0.1, 0.15) is 43.6 Å². The molecule has 1 heterocycles. The molecule has 0 aliphatic carbocycles. The van der Waals surface area contributed by atoms with Gasteiger partial charge in [0.05, 0.1) is 10.7 Å².